The molecule has 0 aliphatic carbocycles. The lowest BCUT2D eigenvalue weighted by Gasteiger charge is -2.11. The van der Waals surface area contributed by atoms with Crippen molar-refractivity contribution in [3.05, 3.63) is 59.1 Å². The Morgan fingerprint density at radius 2 is 1.88 bits per heavy atom. The van der Waals surface area contributed by atoms with Gasteiger partial charge in [-0.3, -0.25) is 9.59 Å². The molecule has 1 aromatic heterocycles. The maximum atomic E-state index is 12.2. The van der Waals surface area contributed by atoms with Crippen LogP contribution in [0.5, 0.6) is 0 Å². The third-order valence-corrected chi connectivity index (χ3v) is 4.79. The second kappa shape index (κ2) is 7.44. The van der Waals surface area contributed by atoms with Gasteiger partial charge in [0.05, 0.1) is 16.6 Å². The molecule has 1 unspecified atom stereocenters. The minimum Gasteiger partial charge on any atom is -0.455 e. The molecule has 1 heterocycles. The molecule has 0 aliphatic heterocycles. The predicted octanol–water partition coefficient (Wildman–Crippen LogP) is 4.10. The van der Waals surface area contributed by atoms with E-state index in [1.807, 2.05) is 31.2 Å². The monoisotopic (exact) mass is 354 g/mol. The van der Waals surface area contributed by atoms with Gasteiger partial charge in [0.15, 0.2) is 6.10 Å². The average Bonchev–Trinajstić information content (AvgIpc) is 3.00. The van der Waals surface area contributed by atoms with Crippen LogP contribution in [-0.4, -0.2) is 16.9 Å². The quantitative estimate of drug-likeness (QED) is 0.700. The molecule has 0 bridgehead atoms. The Morgan fingerprint density at radius 3 is 2.56 bits per heavy atom. The van der Waals surface area contributed by atoms with Crippen LogP contribution in [0.25, 0.3) is 10.2 Å². The van der Waals surface area contributed by atoms with Gasteiger partial charge in [-0.2, -0.15) is 0 Å². The summed E-state index contributed by atoms with van der Waals surface area (Å²) in [5.74, 6) is -0.434. The zero-order valence-electron chi connectivity index (χ0n) is 14.0. The lowest BCUT2D eigenvalue weighted by molar-refractivity contribution is -0.147. The van der Waals surface area contributed by atoms with Crippen LogP contribution < -0.4 is 5.32 Å². The van der Waals surface area contributed by atoms with E-state index in [-0.39, 0.29) is 24.4 Å². The van der Waals surface area contributed by atoms with Crippen LogP contribution in [0, 0.1) is 0 Å². The summed E-state index contributed by atoms with van der Waals surface area (Å²) in [4.78, 5) is 27.7. The molecule has 0 aliphatic rings. The lowest BCUT2D eigenvalue weighted by Crippen LogP contribution is -2.11. The number of carbonyl (C=O) groups excluding carboxylic acids is 2. The summed E-state index contributed by atoms with van der Waals surface area (Å²) >= 11 is 1.53. The minimum absolute atomic E-state index is 0.128. The number of para-hydroxylation sites is 1. The molecule has 0 radical (unpaired) electrons. The summed E-state index contributed by atoms with van der Waals surface area (Å²) in [6.45, 7) is 3.28. The topological polar surface area (TPSA) is 68.3 Å². The molecule has 5 nitrogen and oxygen atoms in total. The Labute approximate surface area is 149 Å². The van der Waals surface area contributed by atoms with Gasteiger partial charge >= 0.3 is 5.97 Å². The average molecular weight is 354 g/mol. The number of benzene rings is 2. The number of esters is 1. The molecule has 1 atom stereocenters. The van der Waals surface area contributed by atoms with Gasteiger partial charge in [-0.15, -0.1) is 11.3 Å². The van der Waals surface area contributed by atoms with E-state index in [1.54, 1.807) is 24.3 Å². The van der Waals surface area contributed by atoms with E-state index in [4.69, 9.17) is 4.74 Å². The van der Waals surface area contributed by atoms with Crippen LogP contribution in [0.15, 0.2) is 48.5 Å². The molecular weight excluding hydrogens is 336 g/mol. The number of amides is 1. The first kappa shape index (κ1) is 17.1. The molecule has 0 saturated carbocycles. The molecule has 3 rings (SSSR count). The van der Waals surface area contributed by atoms with E-state index in [0.717, 1.165) is 20.8 Å². The fourth-order valence-corrected chi connectivity index (χ4v) is 3.38. The van der Waals surface area contributed by atoms with E-state index in [1.165, 1.54) is 18.3 Å². The van der Waals surface area contributed by atoms with Crippen molar-refractivity contribution in [2.45, 2.75) is 26.4 Å². The summed E-state index contributed by atoms with van der Waals surface area (Å²) in [7, 11) is 0. The number of fused-ring (bicyclic) bond motifs is 1. The molecule has 1 N–H and O–H groups in total. The Bertz CT molecular complexity index is 869. The Kier molecular flexibility index (Phi) is 5.09. The number of hydrogen-bond acceptors (Lipinski definition) is 5. The molecule has 1 amide bonds. The summed E-state index contributed by atoms with van der Waals surface area (Å²) in [6, 6.07) is 15.0. The number of aromatic nitrogens is 1. The van der Waals surface area contributed by atoms with Gasteiger partial charge in [0.2, 0.25) is 5.91 Å². The van der Waals surface area contributed by atoms with Gasteiger partial charge in [0.1, 0.15) is 5.01 Å². The smallest absolute Gasteiger partial charge is 0.310 e. The van der Waals surface area contributed by atoms with Crippen LogP contribution in [0.1, 0.15) is 30.5 Å². The van der Waals surface area contributed by atoms with E-state index < -0.39 is 0 Å². The van der Waals surface area contributed by atoms with Crippen molar-refractivity contribution in [1.29, 1.82) is 0 Å². The molecule has 2 aromatic carbocycles. The number of carbonyl (C=O) groups is 2. The number of nitrogens with one attached hydrogen (secondary N) is 1. The number of nitrogens with zero attached hydrogens (tertiary/aromatic N) is 1. The van der Waals surface area contributed by atoms with Crippen molar-refractivity contribution in [2.75, 3.05) is 5.32 Å². The summed E-state index contributed by atoms with van der Waals surface area (Å²) < 4.78 is 6.58. The molecule has 0 saturated heterocycles. The van der Waals surface area contributed by atoms with Crippen molar-refractivity contribution >= 4 is 39.1 Å². The van der Waals surface area contributed by atoms with Gasteiger partial charge in [-0.25, -0.2) is 4.98 Å². The molecule has 25 heavy (non-hydrogen) atoms. The Hall–Kier alpha value is -2.73. The highest BCUT2D eigenvalue weighted by atomic mass is 32.1. The van der Waals surface area contributed by atoms with Crippen LogP contribution in [0.2, 0.25) is 0 Å². The maximum Gasteiger partial charge on any atom is 0.310 e. The van der Waals surface area contributed by atoms with Crippen molar-refractivity contribution in [2.24, 2.45) is 0 Å². The van der Waals surface area contributed by atoms with Gasteiger partial charge in [0, 0.05) is 12.6 Å². The lowest BCUT2D eigenvalue weighted by atomic mass is 10.1. The maximum absolute atomic E-state index is 12.2. The van der Waals surface area contributed by atoms with E-state index >= 15 is 0 Å². The first-order valence-electron chi connectivity index (χ1n) is 7.93. The van der Waals surface area contributed by atoms with Gasteiger partial charge in [-0.05, 0) is 36.8 Å². The van der Waals surface area contributed by atoms with Crippen molar-refractivity contribution in [3.8, 4) is 0 Å². The molecule has 128 valence electrons. The number of ether oxygens (including phenoxy) is 1. The fourth-order valence-electron chi connectivity index (χ4n) is 2.43. The van der Waals surface area contributed by atoms with Crippen molar-refractivity contribution in [3.63, 3.8) is 0 Å². The number of hydrogen-bond donors (Lipinski definition) is 1. The highest BCUT2D eigenvalue weighted by molar-refractivity contribution is 7.18. The van der Waals surface area contributed by atoms with E-state index in [0.29, 0.717) is 5.69 Å². The summed E-state index contributed by atoms with van der Waals surface area (Å²) in [5.41, 5.74) is 2.45. The Balaban J connectivity index is 1.60. The van der Waals surface area contributed by atoms with Gasteiger partial charge in [0.25, 0.3) is 0 Å². The Morgan fingerprint density at radius 1 is 1.16 bits per heavy atom. The molecule has 6 heteroatoms. The second-order valence-corrected chi connectivity index (χ2v) is 6.77. The minimum atomic E-state index is -0.386. The van der Waals surface area contributed by atoms with Gasteiger partial charge < -0.3 is 10.1 Å². The molecule has 0 spiro atoms. The van der Waals surface area contributed by atoms with Crippen LogP contribution in [0.3, 0.4) is 0 Å². The van der Waals surface area contributed by atoms with Crippen LogP contribution >= 0.6 is 11.3 Å². The summed E-state index contributed by atoms with van der Waals surface area (Å²) in [5, 5.41) is 3.48. The third-order valence-electron chi connectivity index (χ3n) is 3.59. The molecular formula is C19H18N2O3S. The van der Waals surface area contributed by atoms with Gasteiger partial charge in [-0.1, -0.05) is 24.3 Å². The first-order valence-corrected chi connectivity index (χ1v) is 8.74. The predicted molar refractivity (Wildman–Crippen MR) is 98.6 cm³/mol. The highest BCUT2D eigenvalue weighted by Gasteiger charge is 2.16. The normalized spacial score (nSPS) is 11.9. The SMILES string of the molecule is CC(=O)Nc1ccc(CC(=O)OC(C)c2nc3ccccc3s2)cc1. The highest BCUT2D eigenvalue weighted by Crippen LogP contribution is 2.28. The second-order valence-electron chi connectivity index (χ2n) is 5.71. The van der Waals surface area contributed by atoms with E-state index in [2.05, 4.69) is 10.3 Å². The van der Waals surface area contributed by atoms with Crippen LogP contribution in [-0.2, 0) is 20.7 Å². The largest absolute Gasteiger partial charge is 0.455 e. The van der Waals surface area contributed by atoms with Crippen molar-refractivity contribution < 1.29 is 14.3 Å². The summed E-state index contributed by atoms with van der Waals surface area (Å²) in [6.07, 6.45) is -0.209. The number of rotatable bonds is 5. The zero-order chi connectivity index (χ0) is 17.8. The number of anilines is 1. The zero-order valence-corrected chi connectivity index (χ0v) is 14.8. The van der Waals surface area contributed by atoms with Crippen molar-refractivity contribution in [1.82, 2.24) is 4.98 Å². The fraction of sp³-hybridized carbons (Fsp3) is 0.211. The third kappa shape index (κ3) is 4.42. The molecule has 3 aromatic rings. The molecule has 0 fully saturated rings. The number of thiazole rings is 1. The van der Waals surface area contributed by atoms with Crippen LogP contribution in [0.4, 0.5) is 5.69 Å². The van der Waals surface area contributed by atoms with E-state index in [9.17, 15) is 9.59 Å². The standard InChI is InChI=1S/C19H18N2O3S/c1-12(19-21-16-5-3-4-6-17(16)25-19)24-18(23)11-14-7-9-15(10-8-14)20-13(2)22/h3-10,12H,11H2,1-2H3,(H,20,22). The first-order chi connectivity index (χ1) is 12.0.